The summed E-state index contributed by atoms with van der Waals surface area (Å²) in [5, 5.41) is 0.781. The quantitative estimate of drug-likeness (QED) is 0.845. The van der Waals surface area contributed by atoms with Crippen molar-refractivity contribution in [1.82, 2.24) is 9.88 Å². The van der Waals surface area contributed by atoms with Gasteiger partial charge in [0.05, 0.1) is 11.7 Å². The molecule has 1 saturated heterocycles. The number of pyridine rings is 1. The molecule has 0 radical (unpaired) electrons. The Morgan fingerprint density at radius 3 is 2.70 bits per heavy atom. The maximum atomic E-state index is 5.92. The molecular weight excluding hydrogens is 268 g/mol. The van der Waals surface area contributed by atoms with Gasteiger partial charge in [-0.05, 0) is 56.3 Å². The van der Waals surface area contributed by atoms with Gasteiger partial charge in [-0.15, -0.1) is 0 Å². The number of benzene rings is 1. The monoisotopic (exact) mass is 286 g/mol. The fourth-order valence-corrected chi connectivity index (χ4v) is 3.00. The molecule has 0 aliphatic carbocycles. The molecule has 0 bridgehead atoms. The topological polar surface area (TPSA) is 16.1 Å². The molecule has 1 aromatic carbocycles. The Morgan fingerprint density at radius 2 is 2.00 bits per heavy atom. The van der Waals surface area contributed by atoms with Crippen molar-refractivity contribution in [3.63, 3.8) is 0 Å². The van der Waals surface area contributed by atoms with Crippen LogP contribution in [0, 0.1) is 0 Å². The summed E-state index contributed by atoms with van der Waals surface area (Å²) in [5.74, 6) is 0. The highest BCUT2D eigenvalue weighted by atomic mass is 35.5. The van der Waals surface area contributed by atoms with Crippen molar-refractivity contribution in [3.8, 4) is 0 Å². The Bertz CT molecular complexity index is 580. The molecule has 0 spiro atoms. The summed E-state index contributed by atoms with van der Waals surface area (Å²) >= 11 is 5.92. The molecule has 2 nitrogen and oxygen atoms in total. The molecule has 2 heterocycles. The molecule has 2 aromatic rings. The van der Waals surface area contributed by atoms with E-state index < -0.39 is 0 Å². The third kappa shape index (κ3) is 3.02. The molecule has 3 rings (SSSR count). The minimum absolute atomic E-state index is 0.486. The lowest BCUT2D eigenvalue weighted by Crippen LogP contribution is -2.18. The van der Waals surface area contributed by atoms with Crippen LogP contribution in [0.3, 0.4) is 0 Å². The van der Waals surface area contributed by atoms with Crippen LogP contribution < -0.4 is 0 Å². The van der Waals surface area contributed by atoms with Crippen LogP contribution in [0.25, 0.3) is 0 Å². The number of rotatable bonds is 3. The maximum Gasteiger partial charge on any atom is 0.0578 e. The van der Waals surface area contributed by atoms with E-state index in [0.29, 0.717) is 6.04 Å². The minimum Gasteiger partial charge on any atom is -0.298 e. The third-order valence-corrected chi connectivity index (χ3v) is 4.24. The average Bonchev–Trinajstić information content (AvgIpc) is 2.88. The zero-order chi connectivity index (χ0) is 13.9. The van der Waals surface area contributed by atoms with Crippen LogP contribution in [0.2, 0.25) is 5.02 Å². The number of halogens is 1. The Kier molecular flexibility index (Phi) is 4.04. The predicted molar refractivity (Wildman–Crippen MR) is 83.1 cm³/mol. The van der Waals surface area contributed by atoms with Crippen LogP contribution >= 0.6 is 11.6 Å². The molecule has 1 aliphatic heterocycles. The smallest absolute Gasteiger partial charge is 0.0578 e. The molecule has 1 aromatic heterocycles. The number of aromatic nitrogens is 1. The van der Waals surface area contributed by atoms with Crippen LogP contribution in [-0.2, 0) is 6.42 Å². The highest BCUT2D eigenvalue weighted by molar-refractivity contribution is 6.30. The van der Waals surface area contributed by atoms with Crippen molar-refractivity contribution < 1.29 is 0 Å². The number of hydrogen-bond donors (Lipinski definition) is 0. The van der Waals surface area contributed by atoms with Gasteiger partial charge in [0, 0.05) is 17.1 Å². The van der Waals surface area contributed by atoms with Crippen molar-refractivity contribution in [1.29, 1.82) is 0 Å². The van der Waals surface area contributed by atoms with Gasteiger partial charge in [0.1, 0.15) is 0 Å². The molecular formula is C17H19ClN2. The highest BCUT2D eigenvalue weighted by Gasteiger charge is 2.23. The minimum atomic E-state index is 0.486. The summed E-state index contributed by atoms with van der Waals surface area (Å²) in [6.45, 7) is 1.17. The van der Waals surface area contributed by atoms with Gasteiger partial charge in [0.2, 0.25) is 0 Å². The Labute approximate surface area is 125 Å². The van der Waals surface area contributed by atoms with E-state index >= 15 is 0 Å². The van der Waals surface area contributed by atoms with Gasteiger partial charge in [-0.3, -0.25) is 9.88 Å². The van der Waals surface area contributed by atoms with Crippen LogP contribution in [0.15, 0.2) is 42.5 Å². The van der Waals surface area contributed by atoms with E-state index in [2.05, 4.69) is 42.3 Å². The summed E-state index contributed by atoms with van der Waals surface area (Å²) in [4.78, 5) is 7.25. The summed E-state index contributed by atoms with van der Waals surface area (Å²) < 4.78 is 0. The molecule has 1 atom stereocenters. The van der Waals surface area contributed by atoms with Crippen LogP contribution in [0.4, 0.5) is 0 Å². The fourth-order valence-electron chi connectivity index (χ4n) is 2.88. The lowest BCUT2D eigenvalue weighted by molar-refractivity contribution is 0.311. The first-order valence-electron chi connectivity index (χ1n) is 7.13. The van der Waals surface area contributed by atoms with E-state index in [9.17, 15) is 0 Å². The second-order valence-electron chi connectivity index (χ2n) is 5.50. The zero-order valence-corrected chi connectivity index (χ0v) is 12.5. The zero-order valence-electron chi connectivity index (χ0n) is 11.7. The number of likely N-dealkylation sites (tertiary alicyclic amines) is 1. The first-order valence-corrected chi connectivity index (χ1v) is 7.51. The normalized spacial score (nSPS) is 19.4. The van der Waals surface area contributed by atoms with Gasteiger partial charge in [-0.1, -0.05) is 29.8 Å². The second kappa shape index (κ2) is 5.94. The molecule has 1 fully saturated rings. The van der Waals surface area contributed by atoms with Gasteiger partial charge in [0.25, 0.3) is 0 Å². The summed E-state index contributed by atoms with van der Waals surface area (Å²) in [5.41, 5.74) is 3.58. The second-order valence-corrected chi connectivity index (χ2v) is 5.93. The van der Waals surface area contributed by atoms with E-state index in [4.69, 9.17) is 16.6 Å². The Morgan fingerprint density at radius 1 is 1.20 bits per heavy atom. The van der Waals surface area contributed by atoms with Crippen molar-refractivity contribution >= 4 is 11.6 Å². The Hall–Kier alpha value is -1.38. The van der Waals surface area contributed by atoms with Gasteiger partial charge in [-0.2, -0.15) is 0 Å². The molecule has 0 N–H and O–H groups in total. The van der Waals surface area contributed by atoms with E-state index in [1.165, 1.54) is 30.6 Å². The van der Waals surface area contributed by atoms with E-state index in [1.807, 2.05) is 12.1 Å². The highest BCUT2D eigenvalue weighted by Crippen LogP contribution is 2.29. The number of hydrogen-bond acceptors (Lipinski definition) is 2. The van der Waals surface area contributed by atoms with Gasteiger partial charge in [-0.25, -0.2) is 0 Å². The van der Waals surface area contributed by atoms with Gasteiger partial charge in [0.15, 0.2) is 0 Å². The molecule has 0 amide bonds. The predicted octanol–water partition coefficient (Wildman–Crippen LogP) is 4.09. The SMILES string of the molecule is CN1CCC[C@H]1c1cccc(Cc2ccc(Cl)cc2)n1. The molecule has 1 aliphatic rings. The van der Waals surface area contributed by atoms with Crippen LogP contribution in [0.5, 0.6) is 0 Å². The van der Waals surface area contributed by atoms with Crippen molar-refractivity contribution in [3.05, 3.63) is 64.4 Å². The van der Waals surface area contributed by atoms with Crippen LogP contribution in [0.1, 0.15) is 35.8 Å². The van der Waals surface area contributed by atoms with E-state index in [0.717, 1.165) is 17.1 Å². The molecule has 0 saturated carbocycles. The van der Waals surface area contributed by atoms with Gasteiger partial charge >= 0.3 is 0 Å². The Balaban J connectivity index is 1.79. The van der Waals surface area contributed by atoms with E-state index in [1.54, 1.807) is 0 Å². The van der Waals surface area contributed by atoms with Crippen molar-refractivity contribution in [2.24, 2.45) is 0 Å². The number of nitrogens with zero attached hydrogens (tertiary/aromatic N) is 2. The molecule has 0 unspecified atom stereocenters. The molecule has 20 heavy (non-hydrogen) atoms. The first kappa shape index (κ1) is 13.6. The summed E-state index contributed by atoms with van der Waals surface area (Å²) in [7, 11) is 2.19. The first-order chi connectivity index (χ1) is 9.72. The largest absolute Gasteiger partial charge is 0.298 e. The van der Waals surface area contributed by atoms with Gasteiger partial charge < -0.3 is 0 Å². The maximum absolute atomic E-state index is 5.92. The van der Waals surface area contributed by atoms with E-state index in [-0.39, 0.29) is 0 Å². The van der Waals surface area contributed by atoms with Crippen molar-refractivity contribution in [2.45, 2.75) is 25.3 Å². The fraction of sp³-hybridized carbons (Fsp3) is 0.353. The van der Waals surface area contributed by atoms with Crippen LogP contribution in [-0.4, -0.2) is 23.5 Å². The lowest BCUT2D eigenvalue weighted by atomic mass is 10.1. The third-order valence-electron chi connectivity index (χ3n) is 3.99. The molecule has 104 valence electrons. The lowest BCUT2D eigenvalue weighted by Gasteiger charge is -2.19. The summed E-state index contributed by atoms with van der Waals surface area (Å²) in [6.07, 6.45) is 3.35. The summed E-state index contributed by atoms with van der Waals surface area (Å²) in [6, 6.07) is 14.9. The average molecular weight is 287 g/mol. The molecule has 3 heteroatoms. The van der Waals surface area contributed by atoms with Crippen molar-refractivity contribution in [2.75, 3.05) is 13.6 Å². The standard InChI is InChI=1S/C17H19ClN2/c1-20-11-3-6-17(20)16-5-2-4-15(19-16)12-13-7-9-14(18)10-8-13/h2,4-5,7-10,17H,3,6,11-12H2,1H3/t17-/m0/s1.